The third-order valence-electron chi connectivity index (χ3n) is 4.89. The van der Waals surface area contributed by atoms with E-state index < -0.39 is 36.2 Å². The molecular formula is C22H22N2O5. The molecule has 1 aliphatic rings. The second-order valence-corrected chi connectivity index (χ2v) is 7.28. The summed E-state index contributed by atoms with van der Waals surface area (Å²) in [6, 6.07) is 12.4. The van der Waals surface area contributed by atoms with E-state index in [0.29, 0.717) is 0 Å². The van der Waals surface area contributed by atoms with Gasteiger partial charge in [0.15, 0.2) is 0 Å². The molecule has 0 aromatic heterocycles. The number of aliphatic carboxylic acids is 1. The van der Waals surface area contributed by atoms with Crippen molar-refractivity contribution in [3.63, 3.8) is 0 Å². The van der Waals surface area contributed by atoms with Crippen LogP contribution in [0.15, 0.2) is 42.5 Å². The fraction of sp³-hybridized carbons (Fsp3) is 0.273. The van der Waals surface area contributed by atoms with Crippen molar-refractivity contribution in [1.29, 1.82) is 0 Å². The Kier molecular flexibility index (Phi) is 5.77. The van der Waals surface area contributed by atoms with Gasteiger partial charge in [-0.1, -0.05) is 41.5 Å². The van der Waals surface area contributed by atoms with E-state index in [1.807, 2.05) is 38.1 Å². The highest BCUT2D eigenvalue weighted by molar-refractivity contribution is 6.22. The number of carboxylic acids is 1. The lowest BCUT2D eigenvalue weighted by atomic mass is 9.98. The van der Waals surface area contributed by atoms with Crippen molar-refractivity contribution in [1.82, 2.24) is 10.2 Å². The van der Waals surface area contributed by atoms with Crippen LogP contribution in [0.3, 0.4) is 0 Å². The Labute approximate surface area is 168 Å². The number of aryl methyl sites for hydroxylation is 2. The summed E-state index contributed by atoms with van der Waals surface area (Å²) < 4.78 is 0. The van der Waals surface area contributed by atoms with Gasteiger partial charge < -0.3 is 10.4 Å². The third kappa shape index (κ3) is 4.51. The van der Waals surface area contributed by atoms with Gasteiger partial charge in [0.25, 0.3) is 11.8 Å². The smallest absolute Gasteiger partial charge is 0.308 e. The van der Waals surface area contributed by atoms with Crippen LogP contribution >= 0.6 is 0 Å². The van der Waals surface area contributed by atoms with Crippen molar-refractivity contribution in [3.8, 4) is 0 Å². The van der Waals surface area contributed by atoms with E-state index in [-0.39, 0.29) is 24.1 Å². The molecule has 0 saturated carbocycles. The molecule has 1 heterocycles. The molecular weight excluding hydrogens is 372 g/mol. The van der Waals surface area contributed by atoms with E-state index >= 15 is 0 Å². The molecule has 3 amide bonds. The molecule has 1 atom stereocenters. The minimum absolute atomic E-state index is 0.0929. The lowest BCUT2D eigenvalue weighted by molar-refractivity contribution is -0.141. The van der Waals surface area contributed by atoms with Crippen molar-refractivity contribution in [3.05, 3.63) is 70.3 Å². The largest absolute Gasteiger partial charge is 0.481 e. The van der Waals surface area contributed by atoms with Crippen molar-refractivity contribution in [2.45, 2.75) is 20.3 Å². The summed E-state index contributed by atoms with van der Waals surface area (Å²) in [4.78, 5) is 49.6. The molecule has 7 nitrogen and oxygen atoms in total. The Balaban J connectivity index is 1.61. The minimum atomic E-state index is -1.02. The van der Waals surface area contributed by atoms with Gasteiger partial charge in [-0.3, -0.25) is 24.1 Å². The summed E-state index contributed by atoms with van der Waals surface area (Å²) >= 11 is 0. The molecule has 2 aromatic carbocycles. The Hall–Kier alpha value is -3.48. The highest BCUT2D eigenvalue weighted by Gasteiger charge is 2.36. The molecule has 0 radical (unpaired) electrons. The third-order valence-corrected chi connectivity index (χ3v) is 4.89. The first-order valence-electron chi connectivity index (χ1n) is 9.28. The van der Waals surface area contributed by atoms with Gasteiger partial charge in [-0.2, -0.15) is 0 Å². The zero-order valence-corrected chi connectivity index (χ0v) is 16.3. The quantitative estimate of drug-likeness (QED) is 0.699. The van der Waals surface area contributed by atoms with Gasteiger partial charge in [0.2, 0.25) is 5.91 Å². The maximum absolute atomic E-state index is 12.4. The minimum Gasteiger partial charge on any atom is -0.481 e. The number of rotatable bonds is 7. The number of carboxylic acid groups (broad SMARTS) is 1. The summed E-state index contributed by atoms with van der Waals surface area (Å²) in [7, 11) is 0. The second kappa shape index (κ2) is 8.26. The van der Waals surface area contributed by atoms with E-state index in [4.69, 9.17) is 0 Å². The number of benzene rings is 2. The van der Waals surface area contributed by atoms with Crippen molar-refractivity contribution in [2.24, 2.45) is 5.92 Å². The van der Waals surface area contributed by atoms with Crippen LogP contribution in [0.25, 0.3) is 0 Å². The van der Waals surface area contributed by atoms with Gasteiger partial charge in [-0.05, 0) is 38.0 Å². The van der Waals surface area contributed by atoms with Gasteiger partial charge in [0.1, 0.15) is 6.54 Å². The van der Waals surface area contributed by atoms with E-state index in [1.54, 1.807) is 18.2 Å². The maximum Gasteiger partial charge on any atom is 0.308 e. The van der Waals surface area contributed by atoms with Crippen LogP contribution in [-0.4, -0.2) is 46.8 Å². The van der Waals surface area contributed by atoms with Gasteiger partial charge in [0.05, 0.1) is 17.0 Å². The Morgan fingerprint density at radius 2 is 1.69 bits per heavy atom. The second-order valence-electron chi connectivity index (χ2n) is 7.28. The van der Waals surface area contributed by atoms with Gasteiger partial charge in [-0.15, -0.1) is 0 Å². The Morgan fingerprint density at radius 1 is 1.00 bits per heavy atom. The number of hydrogen-bond acceptors (Lipinski definition) is 4. The predicted molar refractivity (Wildman–Crippen MR) is 106 cm³/mol. The molecule has 29 heavy (non-hydrogen) atoms. The predicted octanol–water partition coefficient (Wildman–Crippen LogP) is 1.96. The molecule has 1 unspecified atom stereocenters. The number of carbonyl (C=O) groups excluding carboxylic acids is 3. The summed E-state index contributed by atoms with van der Waals surface area (Å²) in [5.74, 6) is -3.45. The Morgan fingerprint density at radius 3 is 2.38 bits per heavy atom. The van der Waals surface area contributed by atoms with E-state index in [1.165, 1.54) is 0 Å². The molecule has 3 rings (SSSR count). The van der Waals surface area contributed by atoms with E-state index in [2.05, 4.69) is 5.32 Å². The van der Waals surface area contributed by atoms with Crippen LogP contribution in [0.4, 0.5) is 0 Å². The van der Waals surface area contributed by atoms with Crippen molar-refractivity contribution >= 4 is 23.7 Å². The summed E-state index contributed by atoms with van der Waals surface area (Å²) in [6.45, 7) is 3.20. The first kappa shape index (κ1) is 20.3. The van der Waals surface area contributed by atoms with Gasteiger partial charge in [-0.25, -0.2) is 0 Å². The average Bonchev–Trinajstić information content (AvgIpc) is 2.89. The van der Waals surface area contributed by atoms with Gasteiger partial charge >= 0.3 is 5.97 Å². The van der Waals surface area contributed by atoms with E-state index in [9.17, 15) is 24.3 Å². The van der Waals surface area contributed by atoms with Crippen molar-refractivity contribution in [2.75, 3.05) is 13.1 Å². The molecule has 0 saturated heterocycles. The maximum atomic E-state index is 12.4. The van der Waals surface area contributed by atoms with Crippen LogP contribution < -0.4 is 5.32 Å². The number of hydrogen-bond donors (Lipinski definition) is 2. The lowest BCUT2D eigenvalue weighted by Gasteiger charge is -2.16. The topological polar surface area (TPSA) is 104 Å². The Bertz CT molecular complexity index is 998. The molecule has 2 aromatic rings. The zero-order valence-electron chi connectivity index (χ0n) is 16.3. The SMILES string of the molecule is Cc1cccc(CC(CNC(=O)CN2C(=O)c3ccc(C)cc3C2=O)C(=O)O)c1. The highest BCUT2D eigenvalue weighted by Crippen LogP contribution is 2.23. The van der Waals surface area contributed by atoms with Crippen molar-refractivity contribution < 1.29 is 24.3 Å². The molecule has 0 spiro atoms. The number of nitrogens with zero attached hydrogens (tertiary/aromatic N) is 1. The summed E-state index contributed by atoms with van der Waals surface area (Å²) in [5, 5.41) is 12.0. The van der Waals surface area contributed by atoms with Gasteiger partial charge in [0, 0.05) is 6.54 Å². The lowest BCUT2D eigenvalue weighted by Crippen LogP contribution is -2.42. The first-order chi connectivity index (χ1) is 13.8. The standard InChI is InChI=1S/C22H22N2O5/c1-13-4-3-5-15(8-13)10-16(22(28)29)11-23-19(25)12-24-20(26)17-7-6-14(2)9-18(17)21(24)27/h3-9,16H,10-12H2,1-2H3,(H,23,25)(H,28,29). The monoisotopic (exact) mass is 394 g/mol. The van der Waals surface area contributed by atoms with Crippen LogP contribution in [0, 0.1) is 19.8 Å². The molecule has 1 aliphatic heterocycles. The van der Waals surface area contributed by atoms with E-state index in [0.717, 1.165) is 21.6 Å². The number of fused-ring (bicyclic) bond motifs is 1. The highest BCUT2D eigenvalue weighted by atomic mass is 16.4. The molecule has 0 aliphatic carbocycles. The van der Waals surface area contributed by atoms with Crippen LogP contribution in [-0.2, 0) is 16.0 Å². The molecule has 0 bridgehead atoms. The first-order valence-corrected chi connectivity index (χ1v) is 9.28. The number of nitrogens with one attached hydrogen (secondary N) is 1. The molecule has 7 heteroatoms. The average molecular weight is 394 g/mol. The number of imide groups is 1. The molecule has 2 N–H and O–H groups in total. The fourth-order valence-electron chi connectivity index (χ4n) is 3.36. The van der Waals surface area contributed by atoms with Crippen LogP contribution in [0.1, 0.15) is 37.4 Å². The summed E-state index contributed by atoms with van der Waals surface area (Å²) in [6.07, 6.45) is 0.267. The molecule has 0 fully saturated rings. The zero-order chi connectivity index (χ0) is 21.1. The van der Waals surface area contributed by atoms with Crippen LogP contribution in [0.2, 0.25) is 0 Å². The number of amides is 3. The summed E-state index contributed by atoms with van der Waals surface area (Å²) in [5.41, 5.74) is 3.29. The fourth-order valence-corrected chi connectivity index (χ4v) is 3.36. The normalized spacial score (nSPS) is 13.9. The number of carbonyl (C=O) groups is 4. The molecule has 150 valence electrons. The van der Waals surface area contributed by atoms with Crippen LogP contribution in [0.5, 0.6) is 0 Å².